The van der Waals surface area contributed by atoms with Crippen LogP contribution in [0.3, 0.4) is 0 Å². The number of carbonyl (C=O) groups is 1. The third-order valence-corrected chi connectivity index (χ3v) is 2.50. The van der Waals surface area contributed by atoms with Crippen LogP contribution in [0.4, 0.5) is 0 Å². The maximum atomic E-state index is 11.6. The van der Waals surface area contributed by atoms with Crippen LogP contribution in [-0.2, 0) is 16.0 Å². The fourth-order valence-electron chi connectivity index (χ4n) is 1.57. The Morgan fingerprint density at radius 3 is 3.00 bits per heavy atom. The maximum absolute atomic E-state index is 11.6. The summed E-state index contributed by atoms with van der Waals surface area (Å²) in [7, 11) is 1.62. The van der Waals surface area contributed by atoms with Crippen LogP contribution in [-0.4, -0.2) is 32.3 Å². The molecule has 16 heavy (non-hydrogen) atoms. The van der Waals surface area contributed by atoms with Crippen LogP contribution < -0.4 is 10.1 Å². The van der Waals surface area contributed by atoms with Gasteiger partial charge in [0.1, 0.15) is 5.75 Å². The third kappa shape index (κ3) is 2.73. The van der Waals surface area contributed by atoms with Crippen LogP contribution in [0.5, 0.6) is 5.75 Å². The van der Waals surface area contributed by atoms with Gasteiger partial charge in [-0.15, -0.1) is 0 Å². The molecule has 0 saturated carbocycles. The minimum atomic E-state index is 0.0292. The van der Waals surface area contributed by atoms with E-state index in [9.17, 15) is 4.79 Å². The SMILES string of the molecule is COc1cccc(CC(=O)NC2COC2)c1. The molecule has 1 aromatic rings. The highest BCUT2D eigenvalue weighted by Gasteiger charge is 2.20. The van der Waals surface area contributed by atoms with Crippen molar-refractivity contribution in [1.82, 2.24) is 5.32 Å². The normalized spacial score (nSPS) is 15.3. The molecular weight excluding hydrogens is 206 g/mol. The third-order valence-electron chi connectivity index (χ3n) is 2.50. The number of rotatable bonds is 4. The Morgan fingerprint density at radius 1 is 1.56 bits per heavy atom. The predicted octanol–water partition coefficient (Wildman–Crippen LogP) is 0.753. The van der Waals surface area contributed by atoms with Crippen molar-refractivity contribution in [3.63, 3.8) is 0 Å². The minimum absolute atomic E-state index is 0.0292. The van der Waals surface area contributed by atoms with Gasteiger partial charge >= 0.3 is 0 Å². The summed E-state index contributed by atoms with van der Waals surface area (Å²) in [5, 5.41) is 2.90. The molecule has 1 amide bonds. The lowest BCUT2D eigenvalue weighted by molar-refractivity contribution is -0.124. The lowest BCUT2D eigenvalue weighted by atomic mass is 10.1. The summed E-state index contributed by atoms with van der Waals surface area (Å²) >= 11 is 0. The molecule has 1 N–H and O–H groups in total. The first-order valence-electron chi connectivity index (χ1n) is 5.28. The maximum Gasteiger partial charge on any atom is 0.224 e. The van der Waals surface area contributed by atoms with E-state index in [1.807, 2.05) is 24.3 Å². The Hall–Kier alpha value is -1.55. The number of amides is 1. The number of benzene rings is 1. The largest absolute Gasteiger partial charge is 0.497 e. The van der Waals surface area contributed by atoms with Gasteiger partial charge in [-0.3, -0.25) is 4.79 Å². The molecule has 0 unspecified atom stereocenters. The van der Waals surface area contributed by atoms with Crippen molar-refractivity contribution in [1.29, 1.82) is 0 Å². The van der Waals surface area contributed by atoms with E-state index in [4.69, 9.17) is 9.47 Å². The van der Waals surface area contributed by atoms with Gasteiger partial charge in [-0.05, 0) is 17.7 Å². The summed E-state index contributed by atoms with van der Waals surface area (Å²) < 4.78 is 10.1. The number of hydrogen-bond donors (Lipinski definition) is 1. The molecule has 1 aromatic carbocycles. The van der Waals surface area contributed by atoms with E-state index in [2.05, 4.69) is 5.32 Å². The fourth-order valence-corrected chi connectivity index (χ4v) is 1.57. The highest BCUT2D eigenvalue weighted by Crippen LogP contribution is 2.13. The minimum Gasteiger partial charge on any atom is -0.497 e. The molecule has 0 bridgehead atoms. The number of methoxy groups -OCH3 is 1. The molecule has 1 heterocycles. The second-order valence-corrected chi connectivity index (χ2v) is 3.83. The molecule has 1 aliphatic rings. The van der Waals surface area contributed by atoms with Gasteiger partial charge in [0, 0.05) is 0 Å². The Morgan fingerprint density at radius 2 is 2.38 bits per heavy atom. The highest BCUT2D eigenvalue weighted by atomic mass is 16.5. The molecule has 1 fully saturated rings. The van der Waals surface area contributed by atoms with Crippen molar-refractivity contribution in [2.24, 2.45) is 0 Å². The van der Waals surface area contributed by atoms with Crippen molar-refractivity contribution in [3.05, 3.63) is 29.8 Å². The van der Waals surface area contributed by atoms with E-state index in [0.29, 0.717) is 19.6 Å². The van der Waals surface area contributed by atoms with Gasteiger partial charge in [0.2, 0.25) is 5.91 Å². The van der Waals surface area contributed by atoms with Crippen molar-refractivity contribution >= 4 is 5.91 Å². The Kier molecular flexibility index (Phi) is 3.41. The summed E-state index contributed by atoms with van der Waals surface area (Å²) in [6.07, 6.45) is 0.383. The number of ether oxygens (including phenoxy) is 2. The Bertz CT molecular complexity index is 374. The number of carbonyl (C=O) groups excluding carboxylic acids is 1. The van der Waals surface area contributed by atoms with E-state index in [0.717, 1.165) is 11.3 Å². The van der Waals surface area contributed by atoms with Gasteiger partial charge in [0.15, 0.2) is 0 Å². The molecule has 0 aliphatic carbocycles. The summed E-state index contributed by atoms with van der Waals surface area (Å²) in [5.74, 6) is 0.804. The first-order chi connectivity index (χ1) is 7.78. The van der Waals surface area contributed by atoms with E-state index < -0.39 is 0 Å². The summed E-state index contributed by atoms with van der Waals surface area (Å²) in [5.41, 5.74) is 0.956. The zero-order valence-electron chi connectivity index (χ0n) is 9.23. The first-order valence-corrected chi connectivity index (χ1v) is 5.28. The number of nitrogens with one attached hydrogen (secondary N) is 1. The van der Waals surface area contributed by atoms with Crippen LogP contribution in [0.1, 0.15) is 5.56 Å². The van der Waals surface area contributed by atoms with Crippen molar-refractivity contribution in [2.75, 3.05) is 20.3 Å². The van der Waals surface area contributed by atoms with Gasteiger partial charge < -0.3 is 14.8 Å². The molecule has 86 valence electrons. The van der Waals surface area contributed by atoms with Gasteiger partial charge in [-0.2, -0.15) is 0 Å². The topological polar surface area (TPSA) is 47.6 Å². The summed E-state index contributed by atoms with van der Waals surface area (Å²) in [4.78, 5) is 11.6. The molecule has 1 aliphatic heterocycles. The molecular formula is C12H15NO3. The monoisotopic (exact) mass is 221 g/mol. The summed E-state index contributed by atoms with van der Waals surface area (Å²) in [6, 6.07) is 7.73. The molecule has 4 heteroatoms. The van der Waals surface area contributed by atoms with Crippen molar-refractivity contribution < 1.29 is 14.3 Å². The van der Waals surface area contributed by atoms with Crippen LogP contribution in [0, 0.1) is 0 Å². The van der Waals surface area contributed by atoms with Gasteiger partial charge in [-0.1, -0.05) is 12.1 Å². The lowest BCUT2D eigenvalue weighted by Crippen LogP contribution is -2.49. The van der Waals surface area contributed by atoms with E-state index in [1.165, 1.54) is 0 Å². The predicted molar refractivity (Wildman–Crippen MR) is 59.4 cm³/mol. The molecule has 0 aromatic heterocycles. The van der Waals surface area contributed by atoms with Gasteiger partial charge in [0.25, 0.3) is 0 Å². The smallest absolute Gasteiger partial charge is 0.224 e. The Balaban J connectivity index is 1.89. The lowest BCUT2D eigenvalue weighted by Gasteiger charge is -2.26. The summed E-state index contributed by atoms with van der Waals surface area (Å²) in [6.45, 7) is 1.26. The van der Waals surface area contributed by atoms with Crippen molar-refractivity contribution in [2.45, 2.75) is 12.5 Å². The molecule has 0 atom stereocenters. The molecule has 4 nitrogen and oxygen atoms in total. The van der Waals surface area contributed by atoms with E-state index in [1.54, 1.807) is 7.11 Å². The Labute approximate surface area is 94.6 Å². The van der Waals surface area contributed by atoms with Gasteiger partial charge in [0.05, 0.1) is 32.8 Å². The van der Waals surface area contributed by atoms with Crippen LogP contribution >= 0.6 is 0 Å². The van der Waals surface area contributed by atoms with E-state index >= 15 is 0 Å². The standard InChI is InChI=1S/C12H15NO3/c1-15-11-4-2-3-9(5-11)6-12(14)13-10-7-16-8-10/h2-5,10H,6-8H2,1H3,(H,13,14). The average molecular weight is 221 g/mol. The van der Waals surface area contributed by atoms with Gasteiger partial charge in [-0.25, -0.2) is 0 Å². The quantitative estimate of drug-likeness (QED) is 0.816. The number of hydrogen-bond acceptors (Lipinski definition) is 3. The fraction of sp³-hybridized carbons (Fsp3) is 0.417. The first kappa shape index (κ1) is 11.0. The van der Waals surface area contributed by atoms with E-state index in [-0.39, 0.29) is 11.9 Å². The molecule has 0 spiro atoms. The van der Waals surface area contributed by atoms with Crippen molar-refractivity contribution in [3.8, 4) is 5.75 Å². The second kappa shape index (κ2) is 4.99. The zero-order chi connectivity index (χ0) is 11.4. The highest BCUT2D eigenvalue weighted by molar-refractivity contribution is 5.79. The molecule has 2 rings (SSSR count). The van der Waals surface area contributed by atoms with Crippen LogP contribution in [0.25, 0.3) is 0 Å². The van der Waals surface area contributed by atoms with Crippen LogP contribution in [0.2, 0.25) is 0 Å². The second-order valence-electron chi connectivity index (χ2n) is 3.83. The zero-order valence-corrected chi connectivity index (χ0v) is 9.23. The average Bonchev–Trinajstić information content (AvgIpc) is 2.24. The molecule has 1 saturated heterocycles. The van der Waals surface area contributed by atoms with Crippen LogP contribution in [0.15, 0.2) is 24.3 Å². The molecule has 0 radical (unpaired) electrons.